The maximum Gasteiger partial charge on any atom is 0.243 e. The molecule has 0 aliphatic rings. The molecule has 0 spiro atoms. The average molecular weight is 1210 g/mol. The number of rotatable bonds is 38. The van der Waals surface area contributed by atoms with Crippen LogP contribution in [0.4, 0.5) is 0 Å². The molecule has 4 aromatic carbocycles. The van der Waals surface area contributed by atoms with Crippen molar-refractivity contribution < 1.29 is 33.6 Å². The standard InChI is InChI=1S/C67H96N14O7/c1-42-29-43(2)32-46(31-42)37-67(38-47-33-44(3)30-45(4)34-47,41-76-62(84)58(35-48-39-74-53-20-7-5-17-50(48)53)80-64(86)56(23-11-15-27-70)78-61(83)52(72)19-9-13-25-68)66(88)81-59(36-49-40-75-54-21-8-6-18-51(49)54)65(87)79-57(24-12-16-28-71)63(85)77-55(60(73)82)22-10-14-26-69/h5-8,17-18,20-21,29-34,39-40,52,55-59,74-75H,9-16,19,22-28,35-38,41,68-72H2,1-4H3,(H2,73,82)(H,76,84)(H,77,85)(H,78,83)(H,79,87)(H,80,86)(H,81,88)/t52-,55+,56-,57+,58-,59+/m1/s1. The van der Waals surface area contributed by atoms with Crippen molar-refractivity contribution in [3.63, 3.8) is 0 Å². The Balaban J connectivity index is 1.45. The van der Waals surface area contributed by atoms with Crippen LogP contribution in [0.2, 0.25) is 0 Å². The number of nitrogens with two attached hydrogens (primary N) is 6. The minimum atomic E-state index is -1.57. The number of amides is 7. The first-order valence-corrected chi connectivity index (χ1v) is 31.2. The molecule has 2 aromatic heterocycles. The van der Waals surface area contributed by atoms with Gasteiger partial charge in [-0.3, -0.25) is 33.6 Å². The zero-order valence-corrected chi connectivity index (χ0v) is 51.9. The molecule has 6 aromatic rings. The normalized spacial score (nSPS) is 13.6. The molecular weight excluding hydrogens is 1110 g/mol. The third-order valence-electron chi connectivity index (χ3n) is 16.3. The van der Waals surface area contributed by atoms with Gasteiger partial charge in [0.05, 0.1) is 11.5 Å². The van der Waals surface area contributed by atoms with Gasteiger partial charge in [0, 0.05) is 53.6 Å². The summed E-state index contributed by atoms with van der Waals surface area (Å²) in [6.07, 6.45) is 9.19. The largest absolute Gasteiger partial charge is 0.368 e. The third kappa shape index (κ3) is 20.6. The molecular formula is C67H96N14O7. The molecule has 0 saturated heterocycles. The van der Waals surface area contributed by atoms with E-state index in [9.17, 15) is 19.2 Å². The Morgan fingerprint density at radius 2 is 0.830 bits per heavy atom. The maximum atomic E-state index is 16.4. The van der Waals surface area contributed by atoms with E-state index in [-0.39, 0.29) is 51.5 Å². The Kier molecular flexibility index (Phi) is 27.2. The molecule has 476 valence electrons. The summed E-state index contributed by atoms with van der Waals surface area (Å²) in [6, 6.07) is 20.5. The van der Waals surface area contributed by atoms with E-state index >= 15 is 14.4 Å². The molecule has 21 nitrogen and oxygen atoms in total. The average Bonchev–Trinajstić information content (AvgIpc) is 2.01. The summed E-state index contributed by atoms with van der Waals surface area (Å²) >= 11 is 0. The van der Waals surface area contributed by atoms with E-state index in [0.717, 1.165) is 60.8 Å². The number of fused-ring (bicyclic) bond motifs is 2. The summed E-state index contributed by atoms with van der Waals surface area (Å²) in [4.78, 5) is 109. The minimum absolute atomic E-state index is 0.0117. The number of hydrogen-bond acceptors (Lipinski definition) is 12. The van der Waals surface area contributed by atoms with Crippen LogP contribution in [0.15, 0.2) is 97.3 Å². The Hall–Kier alpha value is -7.95. The first-order valence-electron chi connectivity index (χ1n) is 31.2. The number of H-pyrrole nitrogens is 2. The first-order chi connectivity index (χ1) is 42.3. The quantitative estimate of drug-likeness (QED) is 0.0245. The second-order valence-electron chi connectivity index (χ2n) is 23.9. The highest BCUT2D eigenvalue weighted by Gasteiger charge is 2.43. The lowest BCUT2D eigenvalue weighted by atomic mass is 9.74. The number of carbonyl (C=O) groups is 7. The smallest absolute Gasteiger partial charge is 0.243 e. The monoisotopic (exact) mass is 1210 g/mol. The number of aryl methyl sites for hydroxylation is 4. The molecule has 6 atom stereocenters. The molecule has 0 aliphatic carbocycles. The zero-order valence-electron chi connectivity index (χ0n) is 51.9. The molecule has 0 fully saturated rings. The van der Waals surface area contributed by atoms with Crippen molar-refractivity contribution in [3.05, 3.63) is 142 Å². The fraction of sp³-hybridized carbons (Fsp3) is 0.478. The maximum absolute atomic E-state index is 16.4. The van der Waals surface area contributed by atoms with Crippen LogP contribution in [0.1, 0.15) is 122 Å². The first kappa shape index (κ1) is 69.2. The van der Waals surface area contributed by atoms with Gasteiger partial charge >= 0.3 is 0 Å². The molecule has 21 heteroatoms. The fourth-order valence-electron chi connectivity index (χ4n) is 11.7. The van der Waals surface area contributed by atoms with Gasteiger partial charge in [-0.15, -0.1) is 0 Å². The Bertz CT molecular complexity index is 3190. The highest BCUT2D eigenvalue weighted by Crippen LogP contribution is 2.32. The van der Waals surface area contributed by atoms with Crippen molar-refractivity contribution in [2.45, 2.75) is 167 Å². The molecule has 7 amide bonds. The van der Waals surface area contributed by atoms with Crippen LogP contribution in [-0.4, -0.2) is 120 Å². The minimum Gasteiger partial charge on any atom is -0.368 e. The van der Waals surface area contributed by atoms with Crippen molar-refractivity contribution in [2.75, 3.05) is 32.7 Å². The van der Waals surface area contributed by atoms with Crippen LogP contribution in [0.5, 0.6) is 0 Å². The lowest BCUT2D eigenvalue weighted by molar-refractivity contribution is -0.137. The van der Waals surface area contributed by atoms with Crippen LogP contribution in [0.25, 0.3) is 21.8 Å². The fourth-order valence-corrected chi connectivity index (χ4v) is 11.7. The van der Waals surface area contributed by atoms with E-state index in [1.54, 1.807) is 12.4 Å². The predicted octanol–water partition coefficient (Wildman–Crippen LogP) is 4.01. The number of benzene rings is 4. The molecule has 0 aliphatic heterocycles. The van der Waals surface area contributed by atoms with Crippen LogP contribution in [0, 0.1) is 33.1 Å². The van der Waals surface area contributed by atoms with E-state index in [2.05, 4.69) is 41.9 Å². The summed E-state index contributed by atoms with van der Waals surface area (Å²) in [5, 5.41) is 19.6. The Morgan fingerprint density at radius 1 is 0.455 bits per heavy atom. The van der Waals surface area contributed by atoms with Crippen molar-refractivity contribution in [1.82, 2.24) is 41.9 Å². The number of unbranched alkanes of at least 4 members (excludes halogenated alkanes) is 4. The highest BCUT2D eigenvalue weighted by atomic mass is 16.2. The van der Waals surface area contributed by atoms with E-state index in [4.69, 9.17) is 34.4 Å². The second kappa shape index (κ2) is 34.6. The van der Waals surface area contributed by atoms with Crippen molar-refractivity contribution in [1.29, 1.82) is 0 Å². The van der Waals surface area contributed by atoms with E-state index in [0.29, 0.717) is 89.5 Å². The van der Waals surface area contributed by atoms with Crippen molar-refractivity contribution >= 4 is 63.2 Å². The van der Waals surface area contributed by atoms with Gasteiger partial charge in [-0.1, -0.05) is 101 Å². The highest BCUT2D eigenvalue weighted by molar-refractivity contribution is 5.97. The molecule has 0 radical (unpaired) electrons. The lowest BCUT2D eigenvalue weighted by Crippen LogP contribution is -2.60. The molecule has 20 N–H and O–H groups in total. The number of para-hydroxylation sites is 2. The number of nitrogens with one attached hydrogen (secondary N) is 8. The molecule has 0 bridgehead atoms. The molecule has 2 heterocycles. The van der Waals surface area contributed by atoms with Gasteiger partial charge in [-0.2, -0.15) is 0 Å². The van der Waals surface area contributed by atoms with Gasteiger partial charge in [0.1, 0.15) is 30.2 Å². The third-order valence-corrected chi connectivity index (χ3v) is 16.3. The van der Waals surface area contributed by atoms with Gasteiger partial charge in [-0.05, 0) is 172 Å². The lowest BCUT2D eigenvalue weighted by Gasteiger charge is -2.36. The predicted molar refractivity (Wildman–Crippen MR) is 347 cm³/mol. The van der Waals surface area contributed by atoms with E-state index in [1.807, 2.05) is 113 Å². The summed E-state index contributed by atoms with van der Waals surface area (Å²) in [6.45, 7) is 9.11. The molecule has 0 saturated carbocycles. The van der Waals surface area contributed by atoms with Crippen molar-refractivity contribution in [3.8, 4) is 0 Å². The van der Waals surface area contributed by atoms with Gasteiger partial charge < -0.3 is 76.3 Å². The summed E-state index contributed by atoms with van der Waals surface area (Å²) in [5.74, 6) is -4.33. The van der Waals surface area contributed by atoms with E-state index < -0.39 is 83.0 Å². The van der Waals surface area contributed by atoms with Gasteiger partial charge in [0.15, 0.2) is 0 Å². The molecule has 6 rings (SSSR count). The SMILES string of the molecule is Cc1cc(C)cc(CC(CNC(=O)[C@@H](Cc2c[nH]c3ccccc23)NC(=O)[C@@H](CCCCN)NC(=O)[C@H](N)CCCCN)(Cc2cc(C)cc(C)c2)C(=O)N[C@@H](Cc2c[nH]c3ccccc23)C(=O)N[C@@H](CCCCN)C(=O)N[C@@H](CCCCN)C(N)=O)c1. The van der Waals surface area contributed by atoms with Crippen LogP contribution >= 0.6 is 0 Å². The Morgan fingerprint density at radius 3 is 1.27 bits per heavy atom. The zero-order chi connectivity index (χ0) is 63.8. The van der Waals surface area contributed by atoms with E-state index in [1.165, 1.54) is 0 Å². The summed E-state index contributed by atoms with van der Waals surface area (Å²) in [5.41, 5.74) is 42.2. The van der Waals surface area contributed by atoms with Gasteiger partial charge in [0.2, 0.25) is 41.4 Å². The second-order valence-corrected chi connectivity index (χ2v) is 23.9. The summed E-state index contributed by atoms with van der Waals surface area (Å²) in [7, 11) is 0. The number of hydrogen-bond donors (Lipinski definition) is 14. The van der Waals surface area contributed by atoms with Crippen LogP contribution in [-0.2, 0) is 59.2 Å². The molecule has 0 unspecified atom stereocenters. The van der Waals surface area contributed by atoms with Crippen molar-refractivity contribution in [2.24, 2.45) is 39.8 Å². The molecule has 88 heavy (non-hydrogen) atoms. The number of aromatic amines is 2. The number of carbonyl (C=O) groups excluding carboxylic acids is 7. The number of primary amides is 1. The number of aromatic nitrogens is 2. The van der Waals surface area contributed by atoms with Crippen LogP contribution in [0.3, 0.4) is 0 Å². The van der Waals surface area contributed by atoms with Crippen LogP contribution < -0.4 is 66.3 Å². The topological polar surface area (TPSA) is 379 Å². The van der Waals surface area contributed by atoms with Gasteiger partial charge in [0.25, 0.3) is 0 Å². The van der Waals surface area contributed by atoms with Gasteiger partial charge in [-0.25, -0.2) is 0 Å². The Labute approximate surface area is 517 Å². The summed E-state index contributed by atoms with van der Waals surface area (Å²) < 4.78 is 0.